The van der Waals surface area contributed by atoms with Crippen molar-refractivity contribution in [2.75, 3.05) is 18.7 Å². The molecule has 20 heavy (non-hydrogen) atoms. The van der Waals surface area contributed by atoms with E-state index >= 15 is 0 Å². The average molecular weight is 272 g/mol. The maximum atomic E-state index is 11.9. The molecule has 0 fully saturated rings. The summed E-state index contributed by atoms with van der Waals surface area (Å²) in [6, 6.07) is 17.2. The zero-order valence-electron chi connectivity index (χ0n) is 11.1. The molecule has 0 aromatic heterocycles. The highest BCUT2D eigenvalue weighted by atomic mass is 19.1. The lowest BCUT2D eigenvalue weighted by molar-refractivity contribution is 0.289. The second-order valence-electron chi connectivity index (χ2n) is 4.20. The normalized spacial score (nSPS) is 10.7. The number of benzene rings is 2. The van der Waals surface area contributed by atoms with Crippen LogP contribution >= 0.6 is 0 Å². The molecule has 0 unspecified atom stereocenters. The third kappa shape index (κ3) is 4.72. The molecule has 104 valence electrons. The van der Waals surface area contributed by atoms with Crippen LogP contribution in [0.1, 0.15) is 12.0 Å². The molecule has 4 heteroatoms. The third-order valence-electron chi connectivity index (χ3n) is 2.61. The second kappa shape index (κ2) is 7.94. The fraction of sp³-hybridized carbons (Fsp3) is 0.188. The Morgan fingerprint density at radius 2 is 1.80 bits per heavy atom. The van der Waals surface area contributed by atoms with Crippen molar-refractivity contribution >= 4 is 11.9 Å². The summed E-state index contributed by atoms with van der Waals surface area (Å²) in [5.74, 6) is 0.742. The fourth-order valence-corrected chi connectivity index (χ4v) is 1.59. The highest BCUT2D eigenvalue weighted by molar-refractivity contribution is 5.80. The van der Waals surface area contributed by atoms with Crippen LogP contribution in [0.15, 0.2) is 59.7 Å². The fourth-order valence-electron chi connectivity index (χ4n) is 1.59. The standard InChI is InChI=1S/C16H17FN2O/c17-11-4-12-20-16-9-7-14(8-10-16)13-18-19-15-5-2-1-3-6-15/h1-3,5-10,13,19H,4,11-12H2. The van der Waals surface area contributed by atoms with Crippen LogP contribution in [-0.4, -0.2) is 19.5 Å². The number of alkyl halides is 1. The van der Waals surface area contributed by atoms with Gasteiger partial charge in [0.15, 0.2) is 0 Å². The summed E-state index contributed by atoms with van der Waals surface area (Å²) < 4.78 is 17.3. The molecule has 0 spiro atoms. The second-order valence-corrected chi connectivity index (χ2v) is 4.20. The summed E-state index contributed by atoms with van der Waals surface area (Å²) in [6.45, 7) is 0.0510. The molecule has 2 aromatic carbocycles. The summed E-state index contributed by atoms with van der Waals surface area (Å²) in [4.78, 5) is 0. The van der Waals surface area contributed by atoms with E-state index in [1.54, 1.807) is 6.21 Å². The Kier molecular flexibility index (Phi) is 5.58. The zero-order valence-corrected chi connectivity index (χ0v) is 11.1. The smallest absolute Gasteiger partial charge is 0.119 e. The van der Waals surface area contributed by atoms with Crippen molar-refractivity contribution in [2.45, 2.75) is 6.42 Å². The molecule has 0 aliphatic carbocycles. The SMILES string of the molecule is FCCCOc1ccc(C=NNc2ccccc2)cc1. The number of anilines is 1. The Balaban J connectivity index is 1.84. The molecule has 0 atom stereocenters. The van der Waals surface area contributed by atoms with Gasteiger partial charge in [0.25, 0.3) is 0 Å². The maximum absolute atomic E-state index is 11.9. The van der Waals surface area contributed by atoms with Crippen molar-refractivity contribution in [1.29, 1.82) is 0 Å². The first kappa shape index (κ1) is 14.1. The van der Waals surface area contributed by atoms with Crippen molar-refractivity contribution < 1.29 is 9.13 Å². The van der Waals surface area contributed by atoms with Gasteiger partial charge in [0.2, 0.25) is 0 Å². The van der Waals surface area contributed by atoms with Crippen molar-refractivity contribution in [2.24, 2.45) is 5.10 Å². The summed E-state index contributed by atoms with van der Waals surface area (Å²) >= 11 is 0. The molecular weight excluding hydrogens is 255 g/mol. The predicted octanol–water partition coefficient (Wildman–Crippen LogP) is 3.87. The Labute approximate surface area is 118 Å². The minimum absolute atomic E-state index is 0.351. The van der Waals surface area contributed by atoms with Crippen LogP contribution in [0.2, 0.25) is 0 Å². The summed E-state index contributed by atoms with van der Waals surface area (Å²) in [7, 11) is 0. The molecule has 2 aromatic rings. The lowest BCUT2D eigenvalue weighted by Crippen LogP contribution is -1.98. The molecule has 0 saturated heterocycles. The Hall–Kier alpha value is -2.36. The van der Waals surface area contributed by atoms with Gasteiger partial charge in [-0.05, 0) is 42.0 Å². The van der Waals surface area contributed by atoms with Gasteiger partial charge in [-0.2, -0.15) is 5.10 Å². The minimum atomic E-state index is -0.351. The van der Waals surface area contributed by atoms with Gasteiger partial charge in [-0.3, -0.25) is 9.82 Å². The van der Waals surface area contributed by atoms with E-state index in [0.717, 1.165) is 17.0 Å². The van der Waals surface area contributed by atoms with Crippen molar-refractivity contribution in [3.05, 3.63) is 60.2 Å². The van der Waals surface area contributed by atoms with Crippen LogP contribution in [0.5, 0.6) is 5.75 Å². The number of rotatable bonds is 7. The number of nitrogens with zero attached hydrogens (tertiary/aromatic N) is 1. The highest BCUT2D eigenvalue weighted by Crippen LogP contribution is 2.11. The van der Waals surface area contributed by atoms with E-state index in [-0.39, 0.29) is 6.67 Å². The third-order valence-corrected chi connectivity index (χ3v) is 2.61. The molecule has 0 saturated carbocycles. The summed E-state index contributed by atoms with van der Waals surface area (Å²) in [6.07, 6.45) is 2.16. The topological polar surface area (TPSA) is 33.6 Å². The van der Waals surface area contributed by atoms with E-state index in [4.69, 9.17) is 4.74 Å². The molecule has 0 heterocycles. The van der Waals surface area contributed by atoms with Gasteiger partial charge in [0.1, 0.15) is 5.75 Å². The maximum Gasteiger partial charge on any atom is 0.119 e. The van der Waals surface area contributed by atoms with Crippen molar-refractivity contribution in [3.8, 4) is 5.75 Å². The first-order valence-electron chi connectivity index (χ1n) is 6.51. The highest BCUT2D eigenvalue weighted by Gasteiger charge is 1.94. The minimum Gasteiger partial charge on any atom is -0.493 e. The number of hydrogen-bond acceptors (Lipinski definition) is 3. The summed E-state index contributed by atoms with van der Waals surface area (Å²) in [5, 5.41) is 4.15. The number of hydrazone groups is 1. The predicted molar refractivity (Wildman–Crippen MR) is 80.2 cm³/mol. The van der Waals surface area contributed by atoms with Crippen LogP contribution in [0.25, 0.3) is 0 Å². The number of para-hydroxylation sites is 1. The Morgan fingerprint density at radius 3 is 2.50 bits per heavy atom. The van der Waals surface area contributed by atoms with Gasteiger partial charge < -0.3 is 4.74 Å². The molecular formula is C16H17FN2O. The number of hydrogen-bond donors (Lipinski definition) is 1. The molecule has 2 rings (SSSR count). The van der Waals surface area contributed by atoms with Crippen LogP contribution in [0, 0.1) is 0 Å². The van der Waals surface area contributed by atoms with Gasteiger partial charge in [-0.1, -0.05) is 18.2 Å². The Morgan fingerprint density at radius 1 is 1.05 bits per heavy atom. The van der Waals surface area contributed by atoms with Crippen molar-refractivity contribution in [3.63, 3.8) is 0 Å². The van der Waals surface area contributed by atoms with Crippen LogP contribution in [0.4, 0.5) is 10.1 Å². The number of nitrogens with one attached hydrogen (secondary N) is 1. The monoisotopic (exact) mass is 272 g/mol. The van der Waals surface area contributed by atoms with Crippen molar-refractivity contribution in [1.82, 2.24) is 0 Å². The first-order valence-corrected chi connectivity index (χ1v) is 6.51. The molecule has 0 aliphatic heterocycles. The van der Waals surface area contributed by atoms with Gasteiger partial charge in [-0.25, -0.2) is 0 Å². The first-order chi connectivity index (χ1) is 9.88. The van der Waals surface area contributed by atoms with Gasteiger partial charge in [-0.15, -0.1) is 0 Å². The zero-order chi connectivity index (χ0) is 14.0. The van der Waals surface area contributed by atoms with E-state index in [9.17, 15) is 4.39 Å². The number of ether oxygens (including phenoxy) is 1. The van der Waals surface area contributed by atoms with Gasteiger partial charge >= 0.3 is 0 Å². The van der Waals surface area contributed by atoms with E-state index in [1.807, 2.05) is 54.6 Å². The largest absolute Gasteiger partial charge is 0.493 e. The van der Waals surface area contributed by atoms with Crippen LogP contribution < -0.4 is 10.2 Å². The molecule has 1 N–H and O–H groups in total. The molecule has 0 aliphatic rings. The summed E-state index contributed by atoms with van der Waals surface area (Å²) in [5.41, 5.74) is 4.85. The quantitative estimate of drug-likeness (QED) is 0.471. The molecule has 0 bridgehead atoms. The molecule has 3 nitrogen and oxygen atoms in total. The average Bonchev–Trinajstić information content (AvgIpc) is 2.50. The van der Waals surface area contributed by atoms with E-state index in [0.29, 0.717) is 13.0 Å². The lowest BCUT2D eigenvalue weighted by Gasteiger charge is -2.04. The number of halogens is 1. The van der Waals surface area contributed by atoms with E-state index in [1.165, 1.54) is 0 Å². The van der Waals surface area contributed by atoms with E-state index in [2.05, 4.69) is 10.5 Å². The lowest BCUT2D eigenvalue weighted by atomic mass is 10.2. The van der Waals surface area contributed by atoms with Crippen LogP contribution in [-0.2, 0) is 0 Å². The van der Waals surface area contributed by atoms with E-state index < -0.39 is 0 Å². The van der Waals surface area contributed by atoms with Crippen LogP contribution in [0.3, 0.4) is 0 Å². The molecule has 0 amide bonds. The van der Waals surface area contributed by atoms with Gasteiger partial charge in [0, 0.05) is 6.42 Å². The van der Waals surface area contributed by atoms with Gasteiger partial charge in [0.05, 0.1) is 25.2 Å². The Bertz CT molecular complexity index is 526. The molecule has 0 radical (unpaired) electrons.